The molecule has 0 saturated carbocycles. The minimum Gasteiger partial charge on any atom is -0.294 e. The number of thiazole rings is 1. The molecule has 0 aliphatic heterocycles. The highest BCUT2D eigenvalue weighted by atomic mass is 35.5. The van der Waals surface area contributed by atoms with Crippen molar-refractivity contribution in [2.75, 3.05) is 0 Å². The van der Waals surface area contributed by atoms with Gasteiger partial charge in [0.15, 0.2) is 0 Å². The lowest BCUT2D eigenvalue weighted by Gasteiger charge is -2.04. The number of nitrogens with zero attached hydrogens (tertiary/aromatic N) is 1. The third-order valence-electron chi connectivity index (χ3n) is 2.80. The molecule has 1 aromatic heterocycles. The van der Waals surface area contributed by atoms with E-state index in [1.807, 2.05) is 48.5 Å². The Morgan fingerprint density at radius 3 is 2.78 bits per heavy atom. The van der Waals surface area contributed by atoms with E-state index in [1.54, 1.807) is 4.57 Å². The molecule has 3 aromatic rings. The van der Waals surface area contributed by atoms with E-state index in [0.29, 0.717) is 11.6 Å². The fourth-order valence-corrected chi connectivity index (χ4v) is 3.09. The fourth-order valence-electron chi connectivity index (χ4n) is 1.98. The Balaban J connectivity index is 2.10. The van der Waals surface area contributed by atoms with Crippen LogP contribution in [-0.4, -0.2) is 4.57 Å². The van der Waals surface area contributed by atoms with Crippen molar-refractivity contribution in [2.45, 2.75) is 6.54 Å². The summed E-state index contributed by atoms with van der Waals surface area (Å²) >= 11 is 7.23. The van der Waals surface area contributed by atoms with Crippen LogP contribution in [-0.2, 0) is 6.54 Å². The first kappa shape index (κ1) is 11.5. The molecular formula is C14H10ClNOS. The number of hydrogen-bond acceptors (Lipinski definition) is 2. The van der Waals surface area contributed by atoms with E-state index in [0.717, 1.165) is 15.8 Å². The summed E-state index contributed by atoms with van der Waals surface area (Å²) in [5.74, 6) is 0. The van der Waals surface area contributed by atoms with Crippen molar-refractivity contribution in [3.8, 4) is 0 Å². The number of fused-ring (bicyclic) bond motifs is 1. The zero-order valence-electron chi connectivity index (χ0n) is 9.47. The monoisotopic (exact) mass is 275 g/mol. The molecule has 0 amide bonds. The van der Waals surface area contributed by atoms with Crippen LogP contribution >= 0.6 is 22.9 Å². The lowest BCUT2D eigenvalue weighted by Crippen LogP contribution is -2.13. The van der Waals surface area contributed by atoms with E-state index >= 15 is 0 Å². The number of para-hydroxylation sites is 1. The average Bonchev–Trinajstić information content (AvgIpc) is 2.66. The van der Waals surface area contributed by atoms with Crippen LogP contribution in [0.5, 0.6) is 0 Å². The van der Waals surface area contributed by atoms with Crippen LogP contribution in [0, 0.1) is 0 Å². The maximum absolute atomic E-state index is 12.0. The van der Waals surface area contributed by atoms with Gasteiger partial charge < -0.3 is 0 Å². The van der Waals surface area contributed by atoms with Gasteiger partial charge in [-0.3, -0.25) is 9.36 Å². The quantitative estimate of drug-likeness (QED) is 0.698. The zero-order chi connectivity index (χ0) is 12.5. The maximum atomic E-state index is 12.0. The highest BCUT2D eigenvalue weighted by Crippen LogP contribution is 2.18. The highest BCUT2D eigenvalue weighted by molar-refractivity contribution is 7.16. The Kier molecular flexibility index (Phi) is 2.94. The summed E-state index contributed by atoms with van der Waals surface area (Å²) < 4.78 is 2.80. The lowest BCUT2D eigenvalue weighted by atomic mass is 10.2. The molecular weight excluding hydrogens is 266 g/mol. The molecule has 0 bridgehead atoms. The number of halogens is 1. The second-order valence-corrected chi connectivity index (χ2v) is 5.48. The van der Waals surface area contributed by atoms with Gasteiger partial charge >= 0.3 is 4.87 Å². The first-order chi connectivity index (χ1) is 8.74. The Bertz CT molecular complexity index is 760. The number of aromatic nitrogens is 1. The Morgan fingerprint density at radius 2 is 1.94 bits per heavy atom. The molecule has 0 atom stereocenters. The summed E-state index contributed by atoms with van der Waals surface area (Å²) in [7, 11) is 0. The summed E-state index contributed by atoms with van der Waals surface area (Å²) in [4.78, 5) is 12.0. The predicted molar refractivity (Wildman–Crippen MR) is 76.6 cm³/mol. The Hall–Kier alpha value is -1.58. The Labute approximate surface area is 113 Å². The van der Waals surface area contributed by atoms with Gasteiger partial charge in [0.25, 0.3) is 0 Å². The molecule has 0 radical (unpaired) electrons. The molecule has 90 valence electrons. The van der Waals surface area contributed by atoms with Gasteiger partial charge in [0.2, 0.25) is 0 Å². The van der Waals surface area contributed by atoms with Crippen LogP contribution in [0.1, 0.15) is 5.56 Å². The first-order valence-electron chi connectivity index (χ1n) is 5.57. The van der Waals surface area contributed by atoms with Crippen molar-refractivity contribution in [2.24, 2.45) is 0 Å². The first-order valence-corrected chi connectivity index (χ1v) is 6.76. The molecule has 0 N–H and O–H groups in total. The molecule has 2 nitrogen and oxygen atoms in total. The molecule has 0 aliphatic rings. The van der Waals surface area contributed by atoms with Crippen LogP contribution in [0.2, 0.25) is 5.02 Å². The topological polar surface area (TPSA) is 22.0 Å². The zero-order valence-corrected chi connectivity index (χ0v) is 11.0. The minimum absolute atomic E-state index is 0.0659. The summed E-state index contributed by atoms with van der Waals surface area (Å²) in [5.41, 5.74) is 2.01. The second-order valence-electron chi connectivity index (χ2n) is 4.05. The molecule has 0 aliphatic carbocycles. The van der Waals surface area contributed by atoms with E-state index in [-0.39, 0.29) is 4.87 Å². The van der Waals surface area contributed by atoms with Crippen LogP contribution in [0.25, 0.3) is 10.2 Å². The lowest BCUT2D eigenvalue weighted by molar-refractivity contribution is 0.816. The molecule has 0 unspecified atom stereocenters. The molecule has 0 fully saturated rings. The standard InChI is InChI=1S/C14H10ClNOS/c15-11-5-3-4-10(8-11)9-16-12-6-1-2-7-13(12)18-14(16)17/h1-8H,9H2. The molecule has 1 heterocycles. The molecule has 18 heavy (non-hydrogen) atoms. The molecule has 0 saturated heterocycles. The van der Waals surface area contributed by atoms with E-state index in [2.05, 4.69) is 0 Å². The van der Waals surface area contributed by atoms with Crippen molar-refractivity contribution < 1.29 is 0 Å². The van der Waals surface area contributed by atoms with E-state index in [4.69, 9.17) is 11.6 Å². The van der Waals surface area contributed by atoms with Crippen LogP contribution in [0.3, 0.4) is 0 Å². The minimum atomic E-state index is 0.0659. The normalized spacial score (nSPS) is 10.9. The SMILES string of the molecule is O=c1sc2ccccc2n1Cc1cccc(Cl)c1. The van der Waals surface area contributed by atoms with E-state index in [9.17, 15) is 4.79 Å². The summed E-state index contributed by atoms with van der Waals surface area (Å²) in [6, 6.07) is 15.4. The maximum Gasteiger partial charge on any atom is 0.308 e. The van der Waals surface area contributed by atoms with Crippen molar-refractivity contribution in [1.82, 2.24) is 4.57 Å². The van der Waals surface area contributed by atoms with Gasteiger partial charge in [0.05, 0.1) is 16.8 Å². The third-order valence-corrected chi connectivity index (χ3v) is 4.00. The van der Waals surface area contributed by atoms with Crippen molar-refractivity contribution in [1.29, 1.82) is 0 Å². The molecule has 2 aromatic carbocycles. The highest BCUT2D eigenvalue weighted by Gasteiger charge is 2.07. The number of rotatable bonds is 2. The average molecular weight is 276 g/mol. The summed E-state index contributed by atoms with van der Waals surface area (Å²) in [6.07, 6.45) is 0. The van der Waals surface area contributed by atoms with Gasteiger partial charge in [-0.2, -0.15) is 0 Å². The third kappa shape index (κ3) is 2.07. The van der Waals surface area contributed by atoms with E-state index < -0.39 is 0 Å². The summed E-state index contributed by atoms with van der Waals surface area (Å²) in [5, 5.41) is 0.695. The van der Waals surface area contributed by atoms with Crippen molar-refractivity contribution >= 4 is 33.2 Å². The van der Waals surface area contributed by atoms with Crippen LogP contribution in [0.15, 0.2) is 53.3 Å². The number of benzene rings is 2. The van der Waals surface area contributed by atoms with Gasteiger partial charge in [-0.1, -0.05) is 47.2 Å². The van der Waals surface area contributed by atoms with Crippen molar-refractivity contribution in [3.05, 3.63) is 68.8 Å². The molecule has 4 heteroatoms. The second kappa shape index (κ2) is 4.59. The molecule has 0 spiro atoms. The van der Waals surface area contributed by atoms with Gasteiger partial charge in [-0.25, -0.2) is 0 Å². The fraction of sp³-hybridized carbons (Fsp3) is 0.0714. The number of hydrogen-bond donors (Lipinski definition) is 0. The smallest absolute Gasteiger partial charge is 0.294 e. The summed E-state index contributed by atoms with van der Waals surface area (Å²) in [6.45, 7) is 0.559. The van der Waals surface area contributed by atoms with Gasteiger partial charge in [-0.15, -0.1) is 0 Å². The van der Waals surface area contributed by atoms with Gasteiger partial charge in [0.1, 0.15) is 0 Å². The predicted octanol–water partition coefficient (Wildman–Crippen LogP) is 3.76. The van der Waals surface area contributed by atoms with Gasteiger partial charge in [0, 0.05) is 5.02 Å². The van der Waals surface area contributed by atoms with E-state index in [1.165, 1.54) is 11.3 Å². The Morgan fingerprint density at radius 1 is 1.11 bits per heavy atom. The van der Waals surface area contributed by atoms with Crippen molar-refractivity contribution in [3.63, 3.8) is 0 Å². The molecule has 3 rings (SSSR count). The largest absolute Gasteiger partial charge is 0.308 e. The van der Waals surface area contributed by atoms with Crippen LogP contribution in [0.4, 0.5) is 0 Å². The van der Waals surface area contributed by atoms with Crippen LogP contribution < -0.4 is 4.87 Å². The van der Waals surface area contributed by atoms with Gasteiger partial charge in [-0.05, 0) is 29.8 Å².